The quantitative estimate of drug-likeness (QED) is 0.286. The molecule has 1 fully saturated rings. The smallest absolute Gasteiger partial charge is 0.323 e. The Morgan fingerprint density at radius 3 is 2.61 bits per heavy atom. The molecule has 0 radical (unpaired) electrons. The van der Waals surface area contributed by atoms with Gasteiger partial charge in [-0.15, -0.1) is 0 Å². The van der Waals surface area contributed by atoms with Gasteiger partial charge in [0.05, 0.1) is 28.9 Å². The van der Waals surface area contributed by atoms with Crippen LogP contribution in [-0.2, 0) is 6.54 Å². The number of aromatic nitrogens is 2. The molecule has 0 aliphatic carbocycles. The zero-order valence-electron chi connectivity index (χ0n) is 21.1. The molecule has 4 aromatic rings. The number of likely N-dealkylation sites (N-methyl/N-ethyl adjacent to an activating group) is 1. The summed E-state index contributed by atoms with van der Waals surface area (Å²) in [6, 6.07) is 10.9. The highest BCUT2D eigenvalue weighted by Crippen LogP contribution is 2.34. The van der Waals surface area contributed by atoms with Crippen molar-refractivity contribution in [3.05, 3.63) is 71.3 Å². The van der Waals surface area contributed by atoms with Gasteiger partial charge >= 0.3 is 6.03 Å². The van der Waals surface area contributed by atoms with E-state index in [-0.39, 0.29) is 11.4 Å². The SMILES string of the molecule is COc1cc(CN2CCN(C)CC2)ccc1NC(=O)Nc1ccc(Oc2ccnc3[nH]cc(Cl)c23)cc1F. The summed E-state index contributed by atoms with van der Waals surface area (Å²) in [5, 5.41) is 6.31. The van der Waals surface area contributed by atoms with Gasteiger partial charge in [0.2, 0.25) is 0 Å². The molecule has 198 valence electrons. The molecule has 11 heteroatoms. The van der Waals surface area contributed by atoms with E-state index in [9.17, 15) is 9.18 Å². The number of urea groups is 1. The van der Waals surface area contributed by atoms with Crippen molar-refractivity contribution in [1.82, 2.24) is 19.8 Å². The van der Waals surface area contributed by atoms with Crippen LogP contribution in [0.1, 0.15) is 5.56 Å². The summed E-state index contributed by atoms with van der Waals surface area (Å²) in [5.74, 6) is 0.554. The van der Waals surface area contributed by atoms with Gasteiger partial charge < -0.3 is 30.0 Å². The molecule has 0 bridgehead atoms. The van der Waals surface area contributed by atoms with E-state index in [2.05, 4.69) is 37.4 Å². The number of H-pyrrole nitrogens is 1. The van der Waals surface area contributed by atoms with Gasteiger partial charge in [-0.3, -0.25) is 4.90 Å². The van der Waals surface area contributed by atoms with Gasteiger partial charge in [0.25, 0.3) is 0 Å². The number of nitrogens with one attached hydrogen (secondary N) is 3. The number of ether oxygens (including phenoxy) is 2. The highest BCUT2D eigenvalue weighted by atomic mass is 35.5. The third kappa shape index (κ3) is 5.83. The van der Waals surface area contributed by atoms with Crippen LogP contribution in [0.4, 0.5) is 20.6 Å². The predicted octanol–water partition coefficient (Wildman–Crippen LogP) is 5.55. The monoisotopic (exact) mass is 538 g/mol. The largest absolute Gasteiger partial charge is 0.495 e. The minimum atomic E-state index is -0.655. The van der Waals surface area contributed by atoms with Crippen LogP contribution < -0.4 is 20.1 Å². The summed E-state index contributed by atoms with van der Waals surface area (Å²) in [5.41, 5.74) is 2.13. The van der Waals surface area contributed by atoms with E-state index in [0.717, 1.165) is 38.3 Å². The molecule has 1 aliphatic rings. The lowest BCUT2D eigenvalue weighted by molar-refractivity contribution is 0.148. The van der Waals surface area contributed by atoms with E-state index < -0.39 is 11.8 Å². The number of rotatable bonds is 7. The lowest BCUT2D eigenvalue weighted by Gasteiger charge is -2.32. The van der Waals surface area contributed by atoms with E-state index in [1.54, 1.807) is 37.7 Å². The molecule has 3 N–H and O–H groups in total. The second kappa shape index (κ2) is 11.3. The predicted molar refractivity (Wildman–Crippen MR) is 146 cm³/mol. The third-order valence-electron chi connectivity index (χ3n) is 6.42. The Balaban J connectivity index is 1.22. The minimum Gasteiger partial charge on any atom is -0.495 e. The number of carbonyl (C=O) groups is 1. The van der Waals surface area contributed by atoms with Crippen molar-refractivity contribution in [1.29, 1.82) is 0 Å². The number of anilines is 2. The number of aromatic amines is 1. The normalized spacial score (nSPS) is 14.4. The van der Waals surface area contributed by atoms with Crippen molar-refractivity contribution >= 4 is 40.0 Å². The van der Waals surface area contributed by atoms with Crippen LogP contribution in [0.2, 0.25) is 5.02 Å². The molecule has 1 aliphatic heterocycles. The summed E-state index contributed by atoms with van der Waals surface area (Å²) in [6.07, 6.45) is 3.17. The minimum absolute atomic E-state index is 0.0000515. The van der Waals surface area contributed by atoms with Crippen molar-refractivity contribution in [2.75, 3.05) is 51.0 Å². The van der Waals surface area contributed by atoms with E-state index in [4.69, 9.17) is 21.1 Å². The maximum absolute atomic E-state index is 14.8. The molecular weight excluding hydrogens is 511 g/mol. The van der Waals surface area contributed by atoms with Crippen LogP contribution >= 0.6 is 11.6 Å². The average molecular weight is 539 g/mol. The van der Waals surface area contributed by atoms with Crippen LogP contribution in [0, 0.1) is 5.82 Å². The Hall–Kier alpha value is -3.86. The van der Waals surface area contributed by atoms with Gasteiger partial charge in [0.1, 0.15) is 28.7 Å². The maximum Gasteiger partial charge on any atom is 0.323 e. The van der Waals surface area contributed by atoms with Crippen molar-refractivity contribution in [3.8, 4) is 17.2 Å². The Kier molecular flexibility index (Phi) is 7.64. The number of hydrogen-bond donors (Lipinski definition) is 3. The summed E-state index contributed by atoms with van der Waals surface area (Å²) in [6.45, 7) is 4.88. The Labute approximate surface area is 224 Å². The number of carbonyl (C=O) groups excluding carboxylic acids is 1. The van der Waals surface area contributed by atoms with E-state index in [0.29, 0.717) is 33.2 Å². The van der Waals surface area contributed by atoms with Gasteiger partial charge in [0, 0.05) is 51.2 Å². The molecule has 0 unspecified atom stereocenters. The van der Waals surface area contributed by atoms with E-state index in [1.165, 1.54) is 12.1 Å². The molecule has 38 heavy (non-hydrogen) atoms. The first kappa shape index (κ1) is 25.8. The number of benzene rings is 2. The maximum atomic E-state index is 14.8. The second-order valence-electron chi connectivity index (χ2n) is 9.11. The first-order chi connectivity index (χ1) is 18.4. The Morgan fingerprint density at radius 1 is 1.08 bits per heavy atom. The number of nitrogens with zero attached hydrogens (tertiary/aromatic N) is 3. The van der Waals surface area contributed by atoms with Crippen molar-refractivity contribution in [2.24, 2.45) is 0 Å². The average Bonchev–Trinajstić information content (AvgIpc) is 3.29. The molecule has 2 aromatic carbocycles. The lowest BCUT2D eigenvalue weighted by Crippen LogP contribution is -2.43. The highest BCUT2D eigenvalue weighted by Gasteiger charge is 2.16. The molecular formula is C27H28ClFN6O3. The highest BCUT2D eigenvalue weighted by molar-refractivity contribution is 6.36. The molecule has 2 aromatic heterocycles. The van der Waals surface area contributed by atoms with Gasteiger partial charge in [-0.25, -0.2) is 14.2 Å². The molecule has 1 saturated heterocycles. The third-order valence-corrected chi connectivity index (χ3v) is 6.72. The van der Waals surface area contributed by atoms with Crippen LogP contribution in [-0.4, -0.2) is 66.1 Å². The van der Waals surface area contributed by atoms with Crippen molar-refractivity contribution in [2.45, 2.75) is 6.54 Å². The van der Waals surface area contributed by atoms with Crippen LogP contribution in [0.15, 0.2) is 54.9 Å². The van der Waals surface area contributed by atoms with Gasteiger partial charge in [-0.05, 0) is 42.9 Å². The fraction of sp³-hybridized carbons (Fsp3) is 0.259. The summed E-state index contributed by atoms with van der Waals surface area (Å²) in [7, 11) is 3.67. The van der Waals surface area contributed by atoms with Crippen LogP contribution in [0.5, 0.6) is 17.2 Å². The second-order valence-corrected chi connectivity index (χ2v) is 9.51. The standard InChI is InChI=1S/C27H28ClFN6O3/c1-34-9-11-35(12-10-34)16-17-3-5-22(24(13-17)37-2)33-27(36)32-21-6-4-18(14-20(21)29)38-23-7-8-30-26-25(23)19(28)15-31-26/h3-8,13-15H,9-12,16H2,1-2H3,(H,30,31)(H2,32,33,36). The van der Waals surface area contributed by atoms with E-state index in [1.807, 2.05) is 12.1 Å². The van der Waals surface area contributed by atoms with Gasteiger partial charge in [0.15, 0.2) is 0 Å². The molecule has 3 heterocycles. The summed E-state index contributed by atoms with van der Waals surface area (Å²) < 4.78 is 26.2. The number of fused-ring (bicyclic) bond motifs is 1. The van der Waals surface area contributed by atoms with Crippen molar-refractivity contribution < 1.29 is 18.7 Å². The van der Waals surface area contributed by atoms with Crippen LogP contribution in [0.25, 0.3) is 11.0 Å². The van der Waals surface area contributed by atoms with Gasteiger partial charge in [-0.1, -0.05) is 17.7 Å². The fourth-order valence-electron chi connectivity index (χ4n) is 4.34. The number of methoxy groups -OCH3 is 1. The molecule has 9 nitrogen and oxygen atoms in total. The van der Waals surface area contributed by atoms with E-state index >= 15 is 0 Å². The number of hydrogen-bond acceptors (Lipinski definition) is 6. The van der Waals surface area contributed by atoms with Crippen LogP contribution in [0.3, 0.4) is 0 Å². The fourth-order valence-corrected chi connectivity index (χ4v) is 4.58. The molecule has 2 amide bonds. The zero-order chi connectivity index (χ0) is 26.6. The molecule has 5 rings (SSSR count). The lowest BCUT2D eigenvalue weighted by atomic mass is 10.1. The van der Waals surface area contributed by atoms with Gasteiger partial charge in [-0.2, -0.15) is 0 Å². The molecule has 0 spiro atoms. The Morgan fingerprint density at radius 2 is 1.84 bits per heavy atom. The molecule has 0 saturated carbocycles. The zero-order valence-corrected chi connectivity index (χ0v) is 21.8. The summed E-state index contributed by atoms with van der Waals surface area (Å²) >= 11 is 6.21. The Bertz CT molecular complexity index is 1450. The van der Waals surface area contributed by atoms with Crippen molar-refractivity contribution in [3.63, 3.8) is 0 Å². The topological polar surface area (TPSA) is 94.8 Å². The number of amides is 2. The number of pyridine rings is 1. The first-order valence-electron chi connectivity index (χ1n) is 12.1. The number of piperazine rings is 1. The molecule has 0 atom stereocenters. The first-order valence-corrected chi connectivity index (χ1v) is 12.5. The summed E-state index contributed by atoms with van der Waals surface area (Å²) in [4.78, 5) is 24.5. The number of halogens is 2.